The fourth-order valence-electron chi connectivity index (χ4n) is 4.48. The van der Waals surface area contributed by atoms with Crippen LogP contribution in [0.3, 0.4) is 0 Å². The molecule has 0 radical (unpaired) electrons. The second kappa shape index (κ2) is 9.38. The number of nitrogens with one attached hydrogen (secondary N) is 2. The van der Waals surface area contributed by atoms with Crippen LogP contribution in [0.4, 0.5) is 4.79 Å². The maximum absolute atomic E-state index is 12.0. The van der Waals surface area contributed by atoms with Gasteiger partial charge in [-0.3, -0.25) is 4.79 Å². The second-order valence-electron chi connectivity index (χ2n) is 8.35. The second-order valence-corrected chi connectivity index (χ2v) is 8.35. The molecule has 7 nitrogen and oxygen atoms in total. The molecule has 0 atom stereocenters. The molecule has 3 N–H and O–H groups in total. The molecule has 0 aliphatic carbocycles. The van der Waals surface area contributed by atoms with Gasteiger partial charge in [-0.25, -0.2) is 4.79 Å². The number of rotatable bonds is 7. The first-order valence-electron chi connectivity index (χ1n) is 11.4. The van der Waals surface area contributed by atoms with Crippen LogP contribution in [0.2, 0.25) is 0 Å². The summed E-state index contributed by atoms with van der Waals surface area (Å²) in [7, 11) is 0. The number of pyridine rings is 1. The van der Waals surface area contributed by atoms with Gasteiger partial charge in [0.15, 0.2) is 0 Å². The number of aryl methyl sites for hydroxylation is 2. The van der Waals surface area contributed by atoms with Crippen LogP contribution in [-0.2, 0) is 6.42 Å². The zero-order chi connectivity index (χ0) is 24.4. The van der Waals surface area contributed by atoms with Crippen LogP contribution in [0.1, 0.15) is 17.5 Å². The molecule has 7 heteroatoms. The minimum Gasteiger partial charge on any atom is -0.493 e. The average molecular weight is 469 g/mol. The van der Waals surface area contributed by atoms with E-state index in [1.807, 2.05) is 67.6 Å². The van der Waals surface area contributed by atoms with E-state index in [0.29, 0.717) is 19.4 Å². The van der Waals surface area contributed by atoms with Crippen molar-refractivity contribution >= 4 is 27.8 Å². The van der Waals surface area contributed by atoms with E-state index in [1.54, 1.807) is 12.3 Å². The molecule has 5 aromatic rings. The van der Waals surface area contributed by atoms with E-state index in [1.165, 1.54) is 0 Å². The molecule has 2 heterocycles. The minimum atomic E-state index is -1.39. The maximum Gasteiger partial charge on any atom is 0.512 e. The van der Waals surface area contributed by atoms with Gasteiger partial charge in [0.05, 0.1) is 12.1 Å². The minimum absolute atomic E-state index is 0.188. The number of hydrogen-bond donors (Lipinski definition) is 3. The van der Waals surface area contributed by atoms with Gasteiger partial charge in [-0.15, -0.1) is 0 Å². The van der Waals surface area contributed by atoms with Crippen molar-refractivity contribution in [3.05, 3.63) is 94.4 Å². The molecule has 0 saturated carbocycles. The Morgan fingerprint density at radius 2 is 1.74 bits per heavy atom. The smallest absolute Gasteiger partial charge is 0.493 e. The Hall–Kier alpha value is -4.52. The molecule has 3 aromatic carbocycles. The monoisotopic (exact) mass is 468 g/mol. The number of ether oxygens (including phenoxy) is 2. The third kappa shape index (κ3) is 4.48. The third-order valence-corrected chi connectivity index (χ3v) is 6.09. The summed E-state index contributed by atoms with van der Waals surface area (Å²) in [5.41, 5.74) is 3.75. The Morgan fingerprint density at radius 1 is 0.971 bits per heavy atom. The highest BCUT2D eigenvalue weighted by molar-refractivity contribution is 5.98. The molecule has 0 bridgehead atoms. The molecule has 0 saturated heterocycles. The van der Waals surface area contributed by atoms with E-state index in [0.717, 1.165) is 49.7 Å². The van der Waals surface area contributed by atoms with Crippen LogP contribution in [0.15, 0.2) is 77.7 Å². The summed E-state index contributed by atoms with van der Waals surface area (Å²) >= 11 is 0. The van der Waals surface area contributed by atoms with Gasteiger partial charge in [0.2, 0.25) is 11.4 Å². The highest BCUT2D eigenvalue weighted by Crippen LogP contribution is 2.36. The molecule has 176 valence electrons. The lowest BCUT2D eigenvalue weighted by molar-refractivity contribution is 0.142. The van der Waals surface area contributed by atoms with Crippen LogP contribution in [-0.4, -0.2) is 27.8 Å². The van der Waals surface area contributed by atoms with Gasteiger partial charge in [-0.2, -0.15) is 0 Å². The normalized spacial score (nSPS) is 11.1. The Morgan fingerprint density at radius 3 is 2.60 bits per heavy atom. The van der Waals surface area contributed by atoms with E-state index in [4.69, 9.17) is 9.47 Å². The molecule has 0 spiro atoms. The molecular formula is C28H24N2O5. The van der Waals surface area contributed by atoms with Crippen LogP contribution in [0.25, 0.3) is 32.8 Å². The van der Waals surface area contributed by atoms with E-state index in [2.05, 4.69) is 9.97 Å². The van der Waals surface area contributed by atoms with Crippen molar-refractivity contribution in [2.75, 3.05) is 6.61 Å². The number of benzene rings is 3. The summed E-state index contributed by atoms with van der Waals surface area (Å²) in [6, 6.07) is 21.3. The fourth-order valence-corrected chi connectivity index (χ4v) is 4.48. The van der Waals surface area contributed by atoms with Crippen LogP contribution in [0.5, 0.6) is 11.6 Å². The largest absolute Gasteiger partial charge is 0.512 e. The van der Waals surface area contributed by atoms with Gasteiger partial charge in [0, 0.05) is 34.2 Å². The van der Waals surface area contributed by atoms with Crippen molar-refractivity contribution in [3.8, 4) is 22.8 Å². The molecule has 5 rings (SSSR count). The van der Waals surface area contributed by atoms with Crippen LogP contribution < -0.4 is 15.0 Å². The molecule has 0 unspecified atom stereocenters. The van der Waals surface area contributed by atoms with Crippen LogP contribution >= 0.6 is 0 Å². The maximum atomic E-state index is 12.0. The number of H-pyrrole nitrogens is 2. The van der Waals surface area contributed by atoms with E-state index in [-0.39, 0.29) is 11.4 Å². The zero-order valence-corrected chi connectivity index (χ0v) is 19.1. The molecule has 35 heavy (non-hydrogen) atoms. The highest BCUT2D eigenvalue weighted by atomic mass is 16.7. The van der Waals surface area contributed by atoms with Gasteiger partial charge in [0.1, 0.15) is 5.75 Å². The predicted octanol–water partition coefficient (Wildman–Crippen LogP) is 6.05. The number of carboxylic acid groups (broad SMARTS) is 1. The van der Waals surface area contributed by atoms with Crippen molar-refractivity contribution in [1.82, 2.24) is 9.97 Å². The Kier molecular flexibility index (Phi) is 5.97. The topological polar surface area (TPSA) is 104 Å². The lowest BCUT2D eigenvalue weighted by Crippen LogP contribution is -2.06. The quantitative estimate of drug-likeness (QED) is 0.199. The highest BCUT2D eigenvalue weighted by Gasteiger charge is 2.19. The molecule has 0 amide bonds. The van der Waals surface area contributed by atoms with Crippen LogP contribution in [0, 0.1) is 6.92 Å². The fraction of sp³-hybridized carbons (Fsp3) is 0.143. The number of fused-ring (bicyclic) bond motifs is 2. The molecular weight excluding hydrogens is 444 g/mol. The van der Waals surface area contributed by atoms with Gasteiger partial charge < -0.3 is 24.5 Å². The standard InChI is InChI=1S/C28H24N2O5/c1-17-16-29-25(31)15-23(17)21-11-5-10-20-22(27(30-26(20)21)35-28(32)33)12-6-14-34-24-13-4-8-18-7-2-3-9-19(18)24/h2-5,7-11,13,15-16,30H,6,12,14H2,1H3,(H,29,31)(H,32,33). The molecule has 0 fully saturated rings. The van der Waals surface area contributed by atoms with Crippen molar-refractivity contribution in [3.63, 3.8) is 0 Å². The SMILES string of the molecule is Cc1c[nH]c(=O)cc1-c1cccc2c(CCCOc3cccc4ccccc34)c(OC(=O)O)[nH]c12. The first kappa shape index (κ1) is 22.3. The third-order valence-electron chi connectivity index (χ3n) is 6.09. The molecule has 2 aromatic heterocycles. The van der Waals surface area contributed by atoms with E-state index < -0.39 is 6.16 Å². The summed E-state index contributed by atoms with van der Waals surface area (Å²) in [5.74, 6) is 1.00. The zero-order valence-electron chi connectivity index (χ0n) is 19.1. The summed E-state index contributed by atoms with van der Waals surface area (Å²) in [6.45, 7) is 2.37. The first-order chi connectivity index (χ1) is 17.0. The Bertz CT molecular complexity index is 1590. The lowest BCUT2D eigenvalue weighted by atomic mass is 9.98. The number of aromatic amines is 2. The average Bonchev–Trinajstić information content (AvgIpc) is 3.20. The number of carbonyl (C=O) groups is 1. The number of aromatic nitrogens is 2. The van der Waals surface area contributed by atoms with E-state index in [9.17, 15) is 14.7 Å². The van der Waals surface area contributed by atoms with Gasteiger partial charge in [0.25, 0.3) is 0 Å². The number of hydrogen-bond acceptors (Lipinski definition) is 4. The van der Waals surface area contributed by atoms with Crippen molar-refractivity contribution < 1.29 is 19.4 Å². The molecule has 0 aliphatic rings. The Labute approximate surface area is 201 Å². The van der Waals surface area contributed by atoms with Crippen molar-refractivity contribution in [1.29, 1.82) is 0 Å². The number of para-hydroxylation sites is 1. The predicted molar refractivity (Wildman–Crippen MR) is 136 cm³/mol. The van der Waals surface area contributed by atoms with Crippen molar-refractivity contribution in [2.45, 2.75) is 19.8 Å². The summed E-state index contributed by atoms with van der Waals surface area (Å²) in [5, 5.41) is 12.3. The van der Waals surface area contributed by atoms with Gasteiger partial charge in [-0.1, -0.05) is 54.6 Å². The van der Waals surface area contributed by atoms with Gasteiger partial charge >= 0.3 is 6.16 Å². The summed E-state index contributed by atoms with van der Waals surface area (Å²) < 4.78 is 11.2. The van der Waals surface area contributed by atoms with Crippen molar-refractivity contribution in [2.24, 2.45) is 0 Å². The Balaban J connectivity index is 1.44. The first-order valence-corrected chi connectivity index (χ1v) is 11.4. The summed E-state index contributed by atoms with van der Waals surface area (Å²) in [4.78, 5) is 29.2. The van der Waals surface area contributed by atoms with E-state index >= 15 is 0 Å². The lowest BCUT2D eigenvalue weighted by Gasteiger charge is -2.10. The van der Waals surface area contributed by atoms with Gasteiger partial charge in [-0.05, 0) is 42.3 Å². The summed E-state index contributed by atoms with van der Waals surface area (Å²) in [6.07, 6.45) is 1.48. The molecule has 0 aliphatic heterocycles.